The molecule has 0 saturated carbocycles. The summed E-state index contributed by atoms with van der Waals surface area (Å²) in [6, 6.07) is 7.63. The Kier molecular flexibility index (Phi) is 7.79. The van der Waals surface area contributed by atoms with Gasteiger partial charge in [-0.15, -0.1) is 0 Å². The van der Waals surface area contributed by atoms with E-state index in [2.05, 4.69) is 27.2 Å². The molecule has 0 bridgehead atoms. The lowest BCUT2D eigenvalue weighted by atomic mass is 10.3. The standard InChI is InChI=1S/C19H29N5O2/c1-5-20-19(23(2)14-16-13-22-24(3)15-16)21-10-7-11-26-18-9-6-8-17(12-18)25-4/h6,8-9,12-13,15H,5,7,10-11,14H2,1-4H3,(H,20,21). The quantitative estimate of drug-likeness (QED) is 0.423. The van der Waals surface area contributed by atoms with Crippen molar-refractivity contribution in [2.24, 2.45) is 12.0 Å². The maximum Gasteiger partial charge on any atom is 0.193 e. The molecule has 1 N–H and O–H groups in total. The van der Waals surface area contributed by atoms with E-state index in [1.807, 2.05) is 55.4 Å². The summed E-state index contributed by atoms with van der Waals surface area (Å²) >= 11 is 0. The van der Waals surface area contributed by atoms with Crippen molar-refractivity contribution in [3.63, 3.8) is 0 Å². The lowest BCUT2D eigenvalue weighted by Crippen LogP contribution is -2.38. The van der Waals surface area contributed by atoms with E-state index < -0.39 is 0 Å². The highest BCUT2D eigenvalue weighted by molar-refractivity contribution is 5.79. The third kappa shape index (κ3) is 6.31. The summed E-state index contributed by atoms with van der Waals surface area (Å²) in [6.45, 7) is 4.97. The summed E-state index contributed by atoms with van der Waals surface area (Å²) in [6.07, 6.45) is 4.73. The van der Waals surface area contributed by atoms with Crippen molar-refractivity contribution in [2.75, 3.05) is 33.9 Å². The molecule has 26 heavy (non-hydrogen) atoms. The van der Waals surface area contributed by atoms with E-state index in [0.717, 1.165) is 42.5 Å². The van der Waals surface area contributed by atoms with Gasteiger partial charge in [0.2, 0.25) is 0 Å². The molecule has 0 amide bonds. The Morgan fingerprint density at radius 2 is 2.15 bits per heavy atom. The van der Waals surface area contributed by atoms with Crippen LogP contribution in [-0.4, -0.2) is 54.5 Å². The number of aryl methyl sites for hydroxylation is 1. The number of hydrogen-bond donors (Lipinski definition) is 1. The minimum absolute atomic E-state index is 0.613. The number of nitrogens with zero attached hydrogens (tertiary/aromatic N) is 4. The van der Waals surface area contributed by atoms with E-state index in [1.165, 1.54) is 0 Å². The molecule has 0 spiro atoms. The van der Waals surface area contributed by atoms with Crippen molar-refractivity contribution >= 4 is 5.96 Å². The number of guanidine groups is 1. The maximum absolute atomic E-state index is 5.75. The number of nitrogens with one attached hydrogen (secondary N) is 1. The third-order valence-electron chi connectivity index (χ3n) is 3.75. The van der Waals surface area contributed by atoms with Crippen LogP contribution in [0.15, 0.2) is 41.7 Å². The topological polar surface area (TPSA) is 63.9 Å². The number of rotatable bonds is 9. The molecule has 1 heterocycles. The molecule has 0 fully saturated rings. The largest absolute Gasteiger partial charge is 0.497 e. The molecule has 0 unspecified atom stereocenters. The molecular weight excluding hydrogens is 330 g/mol. The number of aromatic nitrogens is 2. The zero-order chi connectivity index (χ0) is 18.8. The predicted octanol–water partition coefficient (Wildman–Crippen LogP) is 2.30. The minimum Gasteiger partial charge on any atom is -0.497 e. The summed E-state index contributed by atoms with van der Waals surface area (Å²) in [5.74, 6) is 2.50. The van der Waals surface area contributed by atoms with Gasteiger partial charge in [-0.25, -0.2) is 0 Å². The number of hydrogen-bond acceptors (Lipinski definition) is 4. The number of ether oxygens (including phenoxy) is 2. The molecule has 142 valence electrons. The first-order valence-corrected chi connectivity index (χ1v) is 8.86. The van der Waals surface area contributed by atoms with Crippen molar-refractivity contribution < 1.29 is 9.47 Å². The zero-order valence-electron chi connectivity index (χ0n) is 16.1. The highest BCUT2D eigenvalue weighted by Gasteiger charge is 2.07. The molecule has 2 rings (SSSR count). The SMILES string of the molecule is CCNC(=NCCCOc1cccc(OC)c1)N(C)Cc1cnn(C)c1. The van der Waals surface area contributed by atoms with Crippen molar-refractivity contribution in [1.29, 1.82) is 0 Å². The first-order valence-electron chi connectivity index (χ1n) is 8.86. The normalized spacial score (nSPS) is 11.3. The van der Waals surface area contributed by atoms with Gasteiger partial charge < -0.3 is 19.7 Å². The fourth-order valence-corrected chi connectivity index (χ4v) is 2.50. The smallest absolute Gasteiger partial charge is 0.193 e. The summed E-state index contributed by atoms with van der Waals surface area (Å²) in [4.78, 5) is 6.78. The highest BCUT2D eigenvalue weighted by atomic mass is 16.5. The molecule has 7 heteroatoms. The third-order valence-corrected chi connectivity index (χ3v) is 3.75. The lowest BCUT2D eigenvalue weighted by molar-refractivity contribution is 0.310. The van der Waals surface area contributed by atoms with Crippen molar-refractivity contribution in [2.45, 2.75) is 19.9 Å². The van der Waals surface area contributed by atoms with Gasteiger partial charge in [0.1, 0.15) is 11.5 Å². The molecule has 0 atom stereocenters. The van der Waals surface area contributed by atoms with Crippen LogP contribution in [-0.2, 0) is 13.6 Å². The van der Waals surface area contributed by atoms with Gasteiger partial charge >= 0.3 is 0 Å². The fraction of sp³-hybridized carbons (Fsp3) is 0.474. The Morgan fingerprint density at radius 1 is 1.35 bits per heavy atom. The van der Waals surface area contributed by atoms with Crippen LogP contribution < -0.4 is 14.8 Å². The van der Waals surface area contributed by atoms with Gasteiger partial charge in [-0.1, -0.05) is 6.07 Å². The summed E-state index contributed by atoms with van der Waals surface area (Å²) < 4.78 is 12.8. The van der Waals surface area contributed by atoms with Crippen LogP contribution in [0.25, 0.3) is 0 Å². The Morgan fingerprint density at radius 3 is 2.85 bits per heavy atom. The first kappa shape index (κ1) is 19.6. The molecule has 2 aromatic rings. The second kappa shape index (κ2) is 10.3. The Balaban J connectivity index is 1.80. The molecule has 0 aliphatic heterocycles. The van der Waals surface area contributed by atoms with Gasteiger partial charge in [0.05, 0.1) is 19.9 Å². The second-order valence-corrected chi connectivity index (χ2v) is 5.99. The van der Waals surface area contributed by atoms with Crippen LogP contribution in [0, 0.1) is 0 Å². The monoisotopic (exact) mass is 359 g/mol. The Labute approximate surface area is 155 Å². The van der Waals surface area contributed by atoms with Gasteiger partial charge in [-0.05, 0) is 19.1 Å². The van der Waals surface area contributed by atoms with Gasteiger partial charge in [-0.3, -0.25) is 9.67 Å². The van der Waals surface area contributed by atoms with Crippen LogP contribution in [0.2, 0.25) is 0 Å². The molecular formula is C19H29N5O2. The first-order chi connectivity index (χ1) is 12.6. The maximum atomic E-state index is 5.75. The number of methoxy groups -OCH3 is 1. The lowest BCUT2D eigenvalue weighted by Gasteiger charge is -2.21. The van der Waals surface area contributed by atoms with Crippen molar-refractivity contribution in [3.05, 3.63) is 42.2 Å². The van der Waals surface area contributed by atoms with E-state index in [9.17, 15) is 0 Å². The Hall–Kier alpha value is -2.70. The van der Waals surface area contributed by atoms with Gasteiger partial charge in [0.15, 0.2) is 5.96 Å². The number of aliphatic imine (C=N–C) groups is 1. The van der Waals surface area contributed by atoms with Crippen molar-refractivity contribution in [3.8, 4) is 11.5 Å². The molecule has 1 aromatic carbocycles. The average Bonchev–Trinajstić information content (AvgIpc) is 3.05. The molecule has 1 aromatic heterocycles. The van der Waals surface area contributed by atoms with Crippen LogP contribution >= 0.6 is 0 Å². The van der Waals surface area contributed by atoms with Gasteiger partial charge in [0.25, 0.3) is 0 Å². The summed E-state index contributed by atoms with van der Waals surface area (Å²) in [7, 11) is 5.60. The molecule has 7 nitrogen and oxygen atoms in total. The van der Waals surface area contributed by atoms with E-state index in [0.29, 0.717) is 13.2 Å². The van der Waals surface area contributed by atoms with Crippen LogP contribution in [0.5, 0.6) is 11.5 Å². The number of benzene rings is 1. The molecule has 0 aliphatic carbocycles. The van der Waals surface area contributed by atoms with E-state index >= 15 is 0 Å². The predicted molar refractivity (Wildman–Crippen MR) is 104 cm³/mol. The van der Waals surface area contributed by atoms with Crippen LogP contribution in [0.1, 0.15) is 18.9 Å². The fourth-order valence-electron chi connectivity index (χ4n) is 2.50. The average molecular weight is 359 g/mol. The van der Waals surface area contributed by atoms with E-state index in [-0.39, 0.29) is 0 Å². The molecule has 0 aliphatic rings. The van der Waals surface area contributed by atoms with E-state index in [1.54, 1.807) is 7.11 Å². The summed E-state index contributed by atoms with van der Waals surface area (Å²) in [5.41, 5.74) is 1.15. The summed E-state index contributed by atoms with van der Waals surface area (Å²) in [5, 5.41) is 7.53. The highest BCUT2D eigenvalue weighted by Crippen LogP contribution is 2.18. The zero-order valence-corrected chi connectivity index (χ0v) is 16.1. The van der Waals surface area contributed by atoms with Gasteiger partial charge in [-0.2, -0.15) is 5.10 Å². The molecule has 0 radical (unpaired) electrons. The van der Waals surface area contributed by atoms with Crippen LogP contribution in [0.4, 0.5) is 0 Å². The Bertz CT molecular complexity index is 699. The minimum atomic E-state index is 0.613. The van der Waals surface area contributed by atoms with Crippen molar-refractivity contribution in [1.82, 2.24) is 20.0 Å². The molecule has 0 saturated heterocycles. The van der Waals surface area contributed by atoms with Crippen LogP contribution in [0.3, 0.4) is 0 Å². The van der Waals surface area contributed by atoms with Gasteiger partial charge in [0, 0.05) is 58.0 Å². The second-order valence-electron chi connectivity index (χ2n) is 5.99. The van der Waals surface area contributed by atoms with E-state index in [4.69, 9.17) is 9.47 Å².